The number of nitrogens with zero attached hydrogens (tertiary/aromatic N) is 3. The van der Waals surface area contributed by atoms with E-state index in [1.807, 2.05) is 0 Å². The first-order valence-electron chi connectivity index (χ1n) is 19.2. The van der Waals surface area contributed by atoms with Crippen molar-refractivity contribution in [1.82, 2.24) is 9.13 Å². The third-order valence-electron chi connectivity index (χ3n) is 11.8. The number of hydrogen-bond donors (Lipinski definition) is 0. The Labute approximate surface area is 321 Å². The Hall–Kier alpha value is -6.78. The fraction of sp³-hybridized carbons (Fsp3) is 0.0588. The molecule has 0 fully saturated rings. The van der Waals surface area contributed by atoms with Crippen LogP contribution in [-0.2, 0) is 0 Å². The Balaban J connectivity index is 1.33. The minimum atomic E-state index is -0.0103. The molecule has 2 aromatic heterocycles. The molecule has 3 heterocycles. The summed E-state index contributed by atoms with van der Waals surface area (Å²) in [7, 11) is 0. The summed E-state index contributed by atoms with van der Waals surface area (Å²) in [6.45, 7) is 6.81. The quantitative estimate of drug-likeness (QED) is 0.166. The molecule has 4 heteroatoms. The molecule has 0 atom stereocenters. The first kappa shape index (κ1) is 31.7. The van der Waals surface area contributed by atoms with E-state index in [-0.39, 0.29) is 6.71 Å². The fourth-order valence-corrected chi connectivity index (χ4v) is 9.71. The van der Waals surface area contributed by atoms with Crippen molar-refractivity contribution < 1.29 is 0 Å². The first-order chi connectivity index (χ1) is 27.0. The van der Waals surface area contributed by atoms with Gasteiger partial charge in [0.2, 0.25) is 6.71 Å². The van der Waals surface area contributed by atoms with Gasteiger partial charge < -0.3 is 14.0 Å². The SMILES string of the molecule is Cc1cc(C)c(B2c3cc4c(cc3N(c3ccccc3)c3cc5c6ccccc6n(-c6ccccc6)c5cc32)c2ccccc2n4-c2ccccc2)c(C)c1. The molecule has 10 aromatic rings. The van der Waals surface area contributed by atoms with Crippen molar-refractivity contribution in [1.29, 1.82) is 0 Å². The molecule has 1 aliphatic heterocycles. The third kappa shape index (κ3) is 4.71. The number of para-hydroxylation sites is 5. The van der Waals surface area contributed by atoms with Crippen LogP contribution in [0.3, 0.4) is 0 Å². The van der Waals surface area contributed by atoms with Crippen LogP contribution in [0.5, 0.6) is 0 Å². The van der Waals surface area contributed by atoms with Crippen molar-refractivity contribution in [3.05, 3.63) is 193 Å². The average Bonchev–Trinajstić information content (AvgIpc) is 3.71. The van der Waals surface area contributed by atoms with Gasteiger partial charge >= 0.3 is 0 Å². The largest absolute Gasteiger partial charge is 0.311 e. The van der Waals surface area contributed by atoms with Crippen molar-refractivity contribution in [3.63, 3.8) is 0 Å². The van der Waals surface area contributed by atoms with Crippen LogP contribution in [0.25, 0.3) is 55.0 Å². The molecule has 55 heavy (non-hydrogen) atoms. The van der Waals surface area contributed by atoms with Crippen molar-refractivity contribution in [3.8, 4) is 11.4 Å². The molecule has 1 aliphatic rings. The fourth-order valence-electron chi connectivity index (χ4n) is 9.71. The van der Waals surface area contributed by atoms with Crippen LogP contribution in [0.15, 0.2) is 176 Å². The predicted octanol–water partition coefficient (Wildman–Crippen LogP) is 11.1. The number of rotatable bonds is 4. The molecule has 11 rings (SSSR count). The predicted molar refractivity (Wildman–Crippen MR) is 235 cm³/mol. The highest BCUT2D eigenvalue weighted by atomic mass is 15.2. The lowest BCUT2D eigenvalue weighted by molar-refractivity contribution is 1.18. The maximum absolute atomic E-state index is 2.53. The molecule has 0 bridgehead atoms. The third-order valence-corrected chi connectivity index (χ3v) is 11.8. The van der Waals surface area contributed by atoms with E-state index in [4.69, 9.17) is 0 Å². The van der Waals surface area contributed by atoms with Crippen LogP contribution in [-0.4, -0.2) is 15.8 Å². The molecule has 0 aliphatic carbocycles. The highest BCUT2D eigenvalue weighted by Crippen LogP contribution is 2.43. The maximum atomic E-state index is 2.53. The summed E-state index contributed by atoms with van der Waals surface area (Å²) in [4.78, 5) is 2.53. The van der Waals surface area contributed by atoms with E-state index < -0.39 is 0 Å². The van der Waals surface area contributed by atoms with E-state index in [2.05, 4.69) is 211 Å². The number of anilines is 3. The Morgan fingerprint density at radius 3 is 1.22 bits per heavy atom. The van der Waals surface area contributed by atoms with Crippen LogP contribution in [0.1, 0.15) is 16.7 Å². The molecule has 0 amide bonds. The summed E-state index contributed by atoms with van der Waals surface area (Å²) in [6.07, 6.45) is 0. The zero-order chi connectivity index (χ0) is 36.8. The van der Waals surface area contributed by atoms with E-state index in [1.54, 1.807) is 0 Å². The van der Waals surface area contributed by atoms with Crippen molar-refractivity contribution >= 4 is 83.8 Å². The lowest BCUT2D eigenvalue weighted by atomic mass is 9.33. The van der Waals surface area contributed by atoms with Crippen LogP contribution in [0, 0.1) is 20.8 Å². The first-order valence-corrected chi connectivity index (χ1v) is 19.2. The second kappa shape index (κ2) is 12.1. The summed E-state index contributed by atoms with van der Waals surface area (Å²) in [6, 6.07) is 65.0. The van der Waals surface area contributed by atoms with Gasteiger partial charge in [-0.25, -0.2) is 0 Å². The highest BCUT2D eigenvalue weighted by Gasteiger charge is 2.39. The van der Waals surface area contributed by atoms with Crippen molar-refractivity contribution in [2.45, 2.75) is 20.8 Å². The lowest BCUT2D eigenvalue weighted by Crippen LogP contribution is -2.58. The van der Waals surface area contributed by atoms with E-state index in [1.165, 1.54) is 88.1 Å². The Kier molecular flexibility index (Phi) is 6.99. The van der Waals surface area contributed by atoms with Crippen LogP contribution in [0.2, 0.25) is 0 Å². The summed E-state index contributed by atoms with van der Waals surface area (Å²) in [5, 5.41) is 5.01. The normalized spacial score (nSPS) is 12.6. The second-order valence-electron chi connectivity index (χ2n) is 15.1. The molecule has 0 spiro atoms. The van der Waals surface area contributed by atoms with Gasteiger partial charge in [0.15, 0.2) is 0 Å². The molecule has 3 nitrogen and oxygen atoms in total. The molecule has 0 N–H and O–H groups in total. The van der Waals surface area contributed by atoms with Gasteiger partial charge in [-0.05, 0) is 104 Å². The van der Waals surface area contributed by atoms with Crippen LogP contribution in [0.4, 0.5) is 17.1 Å². The van der Waals surface area contributed by atoms with E-state index in [9.17, 15) is 0 Å². The Morgan fingerprint density at radius 1 is 0.364 bits per heavy atom. The summed E-state index contributed by atoms with van der Waals surface area (Å²) in [5.74, 6) is 0. The minimum absolute atomic E-state index is 0.0103. The van der Waals surface area contributed by atoms with E-state index in [0.717, 1.165) is 17.1 Å². The number of hydrogen-bond acceptors (Lipinski definition) is 1. The van der Waals surface area contributed by atoms with Crippen LogP contribution >= 0.6 is 0 Å². The van der Waals surface area contributed by atoms with Gasteiger partial charge in [-0.2, -0.15) is 0 Å². The molecule has 0 unspecified atom stereocenters. The lowest BCUT2D eigenvalue weighted by Gasteiger charge is -2.38. The Bertz CT molecular complexity index is 2930. The van der Waals surface area contributed by atoms with Crippen molar-refractivity contribution in [2.24, 2.45) is 0 Å². The van der Waals surface area contributed by atoms with Gasteiger partial charge in [0, 0.05) is 50.0 Å². The number of aromatic nitrogens is 2. The molecular weight excluding hydrogens is 665 g/mol. The zero-order valence-electron chi connectivity index (χ0n) is 31.2. The average molecular weight is 704 g/mol. The monoisotopic (exact) mass is 703 g/mol. The molecule has 0 radical (unpaired) electrons. The van der Waals surface area contributed by atoms with Crippen molar-refractivity contribution in [2.75, 3.05) is 4.90 Å². The van der Waals surface area contributed by atoms with Gasteiger partial charge in [0.1, 0.15) is 0 Å². The topological polar surface area (TPSA) is 13.1 Å². The van der Waals surface area contributed by atoms with Gasteiger partial charge in [0.05, 0.1) is 22.1 Å². The van der Waals surface area contributed by atoms with E-state index >= 15 is 0 Å². The number of fused-ring (bicyclic) bond motifs is 8. The number of benzene rings is 8. The smallest absolute Gasteiger partial charge is 0.247 e. The Morgan fingerprint density at radius 2 is 0.764 bits per heavy atom. The van der Waals surface area contributed by atoms with Gasteiger partial charge in [-0.15, -0.1) is 0 Å². The van der Waals surface area contributed by atoms with E-state index in [0.29, 0.717) is 0 Å². The summed E-state index contributed by atoms with van der Waals surface area (Å²) in [5.41, 5.74) is 18.7. The molecule has 0 saturated heterocycles. The van der Waals surface area contributed by atoms with Gasteiger partial charge in [-0.1, -0.05) is 125 Å². The zero-order valence-corrected chi connectivity index (χ0v) is 31.2. The van der Waals surface area contributed by atoms with Gasteiger partial charge in [-0.3, -0.25) is 0 Å². The molecule has 8 aromatic carbocycles. The summed E-state index contributed by atoms with van der Waals surface area (Å²) < 4.78 is 4.91. The molecular formula is C51H38BN3. The summed E-state index contributed by atoms with van der Waals surface area (Å²) >= 11 is 0. The second-order valence-corrected chi connectivity index (χ2v) is 15.1. The highest BCUT2D eigenvalue weighted by molar-refractivity contribution is 6.98. The standard InChI is InChI=1S/C51H38BN3/c1-33-27-34(2)51(35(3)28-33)52-43-31-47-41(39-23-13-15-25-45(39)53(47)36-17-7-4-8-18-36)29-49(43)55(38-21-11-6-12-22-38)50-30-42-40-24-14-16-26-46(40)54(48(42)32-44(50)52)37-19-9-5-10-20-37/h4-32H,1-3H3. The maximum Gasteiger partial charge on any atom is 0.247 e. The number of aryl methyl sites for hydroxylation is 3. The minimum Gasteiger partial charge on any atom is -0.311 e. The molecule has 0 saturated carbocycles. The van der Waals surface area contributed by atoms with Crippen LogP contribution < -0.4 is 21.3 Å². The van der Waals surface area contributed by atoms with Gasteiger partial charge in [0.25, 0.3) is 0 Å². The molecule has 260 valence electrons.